The van der Waals surface area contributed by atoms with Crippen LogP contribution in [0.5, 0.6) is 11.5 Å². The number of carbonyl (C=O) groups is 2. The summed E-state index contributed by atoms with van der Waals surface area (Å²) in [6.45, 7) is 4.82. The second kappa shape index (κ2) is 12.9. The number of anilines is 1. The number of aromatic nitrogens is 2. The van der Waals surface area contributed by atoms with Gasteiger partial charge < -0.3 is 14.2 Å². The highest BCUT2D eigenvalue weighted by molar-refractivity contribution is 8.01. The summed E-state index contributed by atoms with van der Waals surface area (Å²) >= 11 is 2.41. The normalized spacial score (nSPS) is 10.8. The van der Waals surface area contributed by atoms with Crippen molar-refractivity contribution < 1.29 is 23.8 Å². The van der Waals surface area contributed by atoms with Crippen LogP contribution in [0.25, 0.3) is 6.08 Å². The van der Waals surface area contributed by atoms with Crippen molar-refractivity contribution in [1.82, 2.24) is 10.2 Å². The molecule has 0 saturated carbocycles. The van der Waals surface area contributed by atoms with Crippen molar-refractivity contribution in [3.63, 3.8) is 0 Å². The van der Waals surface area contributed by atoms with Crippen LogP contribution in [0.4, 0.5) is 5.13 Å². The molecule has 1 aromatic heterocycles. The minimum Gasteiger partial charge on any atom is -0.493 e. The Kier molecular flexibility index (Phi) is 10.2. The maximum atomic E-state index is 12.1. The average molecular weight is 452 g/mol. The van der Waals surface area contributed by atoms with E-state index in [0.717, 1.165) is 18.4 Å². The van der Waals surface area contributed by atoms with E-state index in [1.54, 1.807) is 26.2 Å². The Bertz CT molecular complexity index is 870. The molecule has 30 heavy (non-hydrogen) atoms. The molecule has 0 bridgehead atoms. The van der Waals surface area contributed by atoms with E-state index in [4.69, 9.17) is 14.2 Å². The number of unbranched alkanes of at least 4 members (excludes halogenated alkanes) is 1. The second-order valence-corrected chi connectivity index (χ2v) is 8.10. The lowest BCUT2D eigenvalue weighted by atomic mass is 10.2. The third-order valence-electron chi connectivity index (χ3n) is 3.63. The molecule has 1 aromatic carbocycles. The standard InChI is InChI=1S/C20H25N3O5S2/c1-4-6-11-28-15-9-7-14(12-16(15)26-3)8-10-17(24)21-19-22-23-20(30-19)29-13-18(25)27-5-2/h7-10,12H,4-6,11,13H2,1-3H3,(H,21,22,24)/b10-8+. The summed E-state index contributed by atoms with van der Waals surface area (Å²) in [5.74, 6) is 0.783. The van der Waals surface area contributed by atoms with Gasteiger partial charge in [-0.05, 0) is 37.1 Å². The summed E-state index contributed by atoms with van der Waals surface area (Å²) < 4.78 is 16.5. The first-order valence-electron chi connectivity index (χ1n) is 9.47. The summed E-state index contributed by atoms with van der Waals surface area (Å²) in [5, 5.41) is 10.8. The summed E-state index contributed by atoms with van der Waals surface area (Å²) in [7, 11) is 1.58. The number of hydrogen-bond donors (Lipinski definition) is 1. The lowest BCUT2D eigenvalue weighted by Crippen LogP contribution is -2.07. The molecule has 0 saturated heterocycles. The molecular weight excluding hydrogens is 426 g/mol. The molecular formula is C20H25N3O5S2. The summed E-state index contributed by atoms with van der Waals surface area (Å²) in [6.07, 6.45) is 5.10. The molecule has 0 aliphatic heterocycles. The van der Waals surface area contributed by atoms with Gasteiger partial charge in [0.1, 0.15) is 0 Å². The molecule has 10 heteroatoms. The first-order valence-corrected chi connectivity index (χ1v) is 11.3. The number of carbonyl (C=O) groups excluding carboxylic acids is 2. The fraction of sp³-hybridized carbons (Fsp3) is 0.400. The molecule has 0 radical (unpaired) electrons. The molecule has 1 amide bonds. The monoisotopic (exact) mass is 451 g/mol. The predicted octanol–water partition coefficient (Wildman–Crippen LogP) is 4.03. The van der Waals surface area contributed by atoms with Gasteiger partial charge in [0.25, 0.3) is 0 Å². The number of amides is 1. The molecule has 0 unspecified atom stereocenters. The highest BCUT2D eigenvalue weighted by Crippen LogP contribution is 2.29. The zero-order chi connectivity index (χ0) is 21.8. The highest BCUT2D eigenvalue weighted by atomic mass is 32.2. The number of thioether (sulfide) groups is 1. The lowest BCUT2D eigenvalue weighted by Gasteiger charge is -2.10. The first-order chi connectivity index (χ1) is 14.5. The minimum absolute atomic E-state index is 0.149. The number of esters is 1. The van der Waals surface area contributed by atoms with E-state index in [2.05, 4.69) is 22.4 Å². The Hall–Kier alpha value is -2.59. The number of ether oxygens (including phenoxy) is 3. The molecule has 0 spiro atoms. The zero-order valence-electron chi connectivity index (χ0n) is 17.2. The first kappa shape index (κ1) is 23.7. The maximum Gasteiger partial charge on any atom is 0.316 e. The molecule has 0 fully saturated rings. The van der Waals surface area contributed by atoms with Gasteiger partial charge in [-0.15, -0.1) is 10.2 Å². The highest BCUT2D eigenvalue weighted by Gasteiger charge is 2.10. The van der Waals surface area contributed by atoms with Gasteiger partial charge in [0, 0.05) is 6.08 Å². The minimum atomic E-state index is -0.338. The number of nitrogens with one attached hydrogen (secondary N) is 1. The molecule has 0 atom stereocenters. The Labute approximate surface area is 184 Å². The third kappa shape index (κ3) is 8.03. The van der Waals surface area contributed by atoms with E-state index >= 15 is 0 Å². The van der Waals surface area contributed by atoms with Crippen LogP contribution in [0, 0.1) is 0 Å². The molecule has 0 aliphatic carbocycles. The van der Waals surface area contributed by atoms with Gasteiger partial charge in [-0.3, -0.25) is 14.9 Å². The molecule has 1 heterocycles. The smallest absolute Gasteiger partial charge is 0.316 e. The second-order valence-electron chi connectivity index (χ2n) is 5.90. The molecule has 8 nitrogen and oxygen atoms in total. The van der Waals surface area contributed by atoms with Gasteiger partial charge in [-0.25, -0.2) is 0 Å². The number of nitrogens with zero attached hydrogens (tertiary/aromatic N) is 2. The predicted molar refractivity (Wildman–Crippen MR) is 118 cm³/mol. The molecule has 1 N–H and O–H groups in total. The van der Waals surface area contributed by atoms with Crippen LogP contribution in [0.2, 0.25) is 0 Å². The quantitative estimate of drug-likeness (QED) is 0.170. The van der Waals surface area contributed by atoms with Crippen LogP contribution in [-0.2, 0) is 14.3 Å². The van der Waals surface area contributed by atoms with Crippen molar-refractivity contribution in [3.05, 3.63) is 29.8 Å². The van der Waals surface area contributed by atoms with Crippen molar-refractivity contribution in [2.24, 2.45) is 0 Å². The van der Waals surface area contributed by atoms with Crippen LogP contribution >= 0.6 is 23.1 Å². The molecule has 0 aliphatic rings. The van der Waals surface area contributed by atoms with Gasteiger partial charge in [0.15, 0.2) is 15.8 Å². The molecule has 2 rings (SSSR count). The number of methoxy groups -OCH3 is 1. The van der Waals surface area contributed by atoms with Gasteiger partial charge >= 0.3 is 5.97 Å². The summed E-state index contributed by atoms with van der Waals surface area (Å²) in [4.78, 5) is 23.5. The average Bonchev–Trinajstić information content (AvgIpc) is 3.19. The van der Waals surface area contributed by atoms with Crippen molar-refractivity contribution in [2.75, 3.05) is 31.4 Å². The van der Waals surface area contributed by atoms with Gasteiger partial charge in [-0.2, -0.15) is 0 Å². The molecule has 2 aromatic rings. The van der Waals surface area contributed by atoms with Crippen molar-refractivity contribution in [2.45, 2.75) is 31.0 Å². The number of benzene rings is 1. The summed E-state index contributed by atoms with van der Waals surface area (Å²) in [5.41, 5.74) is 0.799. The molecule has 162 valence electrons. The van der Waals surface area contributed by atoms with Gasteiger partial charge in [0.2, 0.25) is 11.0 Å². The van der Waals surface area contributed by atoms with E-state index in [-0.39, 0.29) is 17.6 Å². The zero-order valence-corrected chi connectivity index (χ0v) is 18.8. The van der Waals surface area contributed by atoms with E-state index in [0.29, 0.717) is 34.2 Å². The number of hydrogen-bond acceptors (Lipinski definition) is 9. The van der Waals surface area contributed by atoms with Crippen LogP contribution < -0.4 is 14.8 Å². The Morgan fingerprint density at radius 2 is 2.07 bits per heavy atom. The van der Waals surface area contributed by atoms with Gasteiger partial charge in [0.05, 0.1) is 26.1 Å². The van der Waals surface area contributed by atoms with Crippen LogP contribution in [-0.4, -0.2) is 48.2 Å². The van der Waals surface area contributed by atoms with E-state index in [1.165, 1.54) is 29.2 Å². The van der Waals surface area contributed by atoms with Crippen molar-refractivity contribution in [3.8, 4) is 11.5 Å². The van der Waals surface area contributed by atoms with Crippen LogP contribution in [0.3, 0.4) is 0 Å². The van der Waals surface area contributed by atoms with Crippen LogP contribution in [0.1, 0.15) is 32.3 Å². The Balaban J connectivity index is 1.89. The van der Waals surface area contributed by atoms with E-state index < -0.39 is 0 Å². The largest absolute Gasteiger partial charge is 0.493 e. The number of rotatable bonds is 12. The van der Waals surface area contributed by atoms with E-state index in [9.17, 15) is 9.59 Å². The maximum absolute atomic E-state index is 12.1. The van der Waals surface area contributed by atoms with E-state index in [1.807, 2.05) is 12.1 Å². The Morgan fingerprint density at radius 1 is 1.23 bits per heavy atom. The fourth-order valence-electron chi connectivity index (χ4n) is 2.19. The third-order valence-corrected chi connectivity index (χ3v) is 5.57. The van der Waals surface area contributed by atoms with Gasteiger partial charge in [-0.1, -0.05) is 42.5 Å². The van der Waals surface area contributed by atoms with Crippen LogP contribution in [0.15, 0.2) is 28.6 Å². The Morgan fingerprint density at radius 3 is 2.80 bits per heavy atom. The SMILES string of the molecule is CCCCOc1ccc(/C=C/C(=O)Nc2nnc(SCC(=O)OCC)s2)cc1OC. The van der Waals surface area contributed by atoms with Crippen molar-refractivity contribution in [1.29, 1.82) is 0 Å². The summed E-state index contributed by atoms with van der Waals surface area (Å²) in [6, 6.07) is 5.48. The lowest BCUT2D eigenvalue weighted by molar-refractivity contribution is -0.139. The van der Waals surface area contributed by atoms with Crippen molar-refractivity contribution >= 4 is 46.2 Å². The topological polar surface area (TPSA) is 99.6 Å². The fourth-order valence-corrected chi connectivity index (χ4v) is 3.75.